The van der Waals surface area contributed by atoms with Crippen molar-refractivity contribution in [1.82, 2.24) is 29.3 Å². The Morgan fingerprint density at radius 3 is 2.25 bits per heavy atom. The summed E-state index contributed by atoms with van der Waals surface area (Å²) in [6, 6.07) is 17.5. The van der Waals surface area contributed by atoms with Crippen LogP contribution in [-0.4, -0.2) is 46.4 Å². The molecule has 0 saturated heterocycles. The molecule has 40 heavy (non-hydrogen) atoms. The van der Waals surface area contributed by atoms with Crippen LogP contribution in [-0.2, 0) is 10.0 Å². The van der Waals surface area contributed by atoms with E-state index in [1.54, 1.807) is 22.9 Å². The molecule has 0 atom stereocenters. The van der Waals surface area contributed by atoms with Gasteiger partial charge in [0.1, 0.15) is 11.6 Å². The molecular weight excluding hydrogens is 545 g/mol. The van der Waals surface area contributed by atoms with Gasteiger partial charge >= 0.3 is 6.36 Å². The minimum Gasteiger partial charge on any atom is -0.406 e. The number of benzene rings is 3. The van der Waals surface area contributed by atoms with Gasteiger partial charge in [0.25, 0.3) is 0 Å². The van der Waals surface area contributed by atoms with Crippen LogP contribution in [0.25, 0.3) is 33.8 Å². The summed E-state index contributed by atoms with van der Waals surface area (Å²) in [6.07, 6.45) is -1.43. The van der Waals surface area contributed by atoms with Crippen molar-refractivity contribution >= 4 is 10.0 Å². The highest BCUT2D eigenvalue weighted by Crippen LogP contribution is 2.33. The van der Waals surface area contributed by atoms with Gasteiger partial charge in [0.2, 0.25) is 10.0 Å². The number of imidazole rings is 1. The van der Waals surface area contributed by atoms with Crippen molar-refractivity contribution in [2.75, 3.05) is 7.05 Å². The maximum Gasteiger partial charge on any atom is 0.573 e. The number of nitrogens with one attached hydrogen (secondary N) is 1. The molecule has 2 heterocycles. The van der Waals surface area contributed by atoms with E-state index in [4.69, 9.17) is 0 Å². The van der Waals surface area contributed by atoms with Crippen LogP contribution < -0.4 is 9.46 Å². The summed E-state index contributed by atoms with van der Waals surface area (Å²) in [6.45, 7) is 3.73. The number of ether oxygens (including phenoxy) is 1. The summed E-state index contributed by atoms with van der Waals surface area (Å²) in [7, 11) is -2.32. The number of rotatable bonds is 7. The average molecular weight is 569 g/mol. The first-order chi connectivity index (χ1) is 18.9. The van der Waals surface area contributed by atoms with Gasteiger partial charge in [-0.2, -0.15) is 0 Å². The van der Waals surface area contributed by atoms with E-state index in [0.29, 0.717) is 33.8 Å². The first kappa shape index (κ1) is 27.1. The molecular formula is C27H23F3N6O3S. The molecule has 9 nitrogen and oxygen atoms in total. The number of hydrogen-bond acceptors (Lipinski definition) is 6. The van der Waals surface area contributed by atoms with Crippen LogP contribution in [0.15, 0.2) is 84.0 Å². The van der Waals surface area contributed by atoms with E-state index in [1.807, 2.05) is 42.8 Å². The predicted octanol–water partition coefficient (Wildman–Crippen LogP) is 5.21. The number of halogens is 3. The molecule has 0 bridgehead atoms. The summed E-state index contributed by atoms with van der Waals surface area (Å²) < 4.78 is 72.5. The Morgan fingerprint density at radius 2 is 1.60 bits per heavy atom. The fourth-order valence-electron chi connectivity index (χ4n) is 4.34. The predicted molar refractivity (Wildman–Crippen MR) is 142 cm³/mol. The van der Waals surface area contributed by atoms with Crippen LogP contribution in [0.4, 0.5) is 13.2 Å². The zero-order chi connectivity index (χ0) is 28.7. The van der Waals surface area contributed by atoms with Crippen LogP contribution >= 0.6 is 0 Å². The quantitative estimate of drug-likeness (QED) is 0.289. The van der Waals surface area contributed by atoms with Gasteiger partial charge in [-0.05, 0) is 80.6 Å². The Balaban J connectivity index is 1.66. The summed E-state index contributed by atoms with van der Waals surface area (Å²) >= 11 is 0. The van der Waals surface area contributed by atoms with Crippen molar-refractivity contribution < 1.29 is 26.3 Å². The van der Waals surface area contributed by atoms with Crippen LogP contribution in [0.5, 0.6) is 5.75 Å². The minimum absolute atomic E-state index is 0.113. The number of alkyl halides is 3. The van der Waals surface area contributed by atoms with Crippen LogP contribution in [0, 0.1) is 13.8 Å². The van der Waals surface area contributed by atoms with Gasteiger partial charge in [-0.25, -0.2) is 22.8 Å². The maximum absolute atomic E-state index is 12.6. The van der Waals surface area contributed by atoms with Gasteiger partial charge in [-0.15, -0.1) is 18.3 Å². The summed E-state index contributed by atoms with van der Waals surface area (Å²) in [5.41, 5.74) is 4.52. The Bertz CT molecular complexity index is 1800. The summed E-state index contributed by atoms with van der Waals surface area (Å²) in [5, 5.41) is 8.36. The molecule has 0 aliphatic rings. The highest BCUT2D eigenvalue weighted by molar-refractivity contribution is 7.89. The Morgan fingerprint density at radius 1 is 0.900 bits per heavy atom. The average Bonchev–Trinajstić information content (AvgIpc) is 3.54. The van der Waals surface area contributed by atoms with Gasteiger partial charge < -0.3 is 9.30 Å². The van der Waals surface area contributed by atoms with E-state index < -0.39 is 16.4 Å². The topological polar surface area (TPSA) is 104 Å². The van der Waals surface area contributed by atoms with Crippen LogP contribution in [0.1, 0.15) is 11.5 Å². The van der Waals surface area contributed by atoms with Gasteiger partial charge in [0.05, 0.1) is 33.9 Å². The van der Waals surface area contributed by atoms with Crippen molar-refractivity contribution in [3.05, 3.63) is 90.6 Å². The fraction of sp³-hybridized carbons (Fsp3) is 0.148. The standard InChI is InChI=1S/C27H23F3N6O3S/c1-17-16-35(18(2)33-17)24-12-9-21(20-5-4-6-23(13-20)40(37,38)31-3)14-25(24)36-26(15-32-34-36)19-7-10-22(11-8-19)39-27(28,29)30/h4-16,31H,1-3H3. The third-order valence-electron chi connectivity index (χ3n) is 6.15. The molecule has 0 aliphatic carbocycles. The molecule has 0 aliphatic heterocycles. The molecule has 0 fully saturated rings. The van der Waals surface area contributed by atoms with E-state index in [1.165, 1.54) is 43.6 Å². The second-order valence-corrected chi connectivity index (χ2v) is 10.7. The molecule has 0 saturated carbocycles. The molecule has 0 radical (unpaired) electrons. The number of aromatic nitrogens is 5. The lowest BCUT2D eigenvalue weighted by atomic mass is 10.0. The number of nitrogens with zero attached hydrogens (tertiary/aromatic N) is 5. The Hall–Kier alpha value is -4.49. The molecule has 2 aromatic heterocycles. The smallest absolute Gasteiger partial charge is 0.406 e. The lowest BCUT2D eigenvalue weighted by Crippen LogP contribution is -2.18. The summed E-state index contributed by atoms with van der Waals surface area (Å²) in [5.74, 6) is 0.378. The van der Waals surface area contributed by atoms with E-state index in [0.717, 1.165) is 11.5 Å². The molecule has 5 rings (SSSR count). The highest BCUT2D eigenvalue weighted by Gasteiger charge is 2.31. The number of sulfonamides is 1. The van der Waals surface area contributed by atoms with Crippen LogP contribution in [0.3, 0.4) is 0 Å². The van der Waals surface area contributed by atoms with Crippen molar-refractivity contribution in [3.63, 3.8) is 0 Å². The molecule has 0 amide bonds. The largest absolute Gasteiger partial charge is 0.573 e. The van der Waals surface area contributed by atoms with Gasteiger partial charge in [0, 0.05) is 11.8 Å². The second-order valence-electron chi connectivity index (χ2n) is 8.84. The monoisotopic (exact) mass is 568 g/mol. The zero-order valence-corrected chi connectivity index (χ0v) is 22.3. The van der Waals surface area contributed by atoms with Crippen molar-refractivity contribution in [3.8, 4) is 39.5 Å². The molecule has 0 unspecified atom stereocenters. The second kappa shape index (κ2) is 10.2. The first-order valence-corrected chi connectivity index (χ1v) is 13.4. The Kier molecular flexibility index (Phi) is 6.94. The maximum atomic E-state index is 12.6. The molecule has 5 aromatic rings. The highest BCUT2D eigenvalue weighted by atomic mass is 32.2. The van der Waals surface area contributed by atoms with Gasteiger partial charge in [-0.3, -0.25) is 0 Å². The van der Waals surface area contributed by atoms with Crippen LogP contribution in [0.2, 0.25) is 0 Å². The Labute approximate surface area is 227 Å². The van der Waals surface area contributed by atoms with Gasteiger partial charge in [0.15, 0.2) is 0 Å². The molecule has 1 N–H and O–H groups in total. The third kappa shape index (κ3) is 5.46. The van der Waals surface area contributed by atoms with Crippen molar-refractivity contribution in [2.45, 2.75) is 25.1 Å². The van der Waals surface area contributed by atoms with E-state index in [-0.39, 0.29) is 10.6 Å². The normalized spacial score (nSPS) is 12.1. The molecule has 13 heteroatoms. The number of hydrogen-bond donors (Lipinski definition) is 1. The number of aryl methyl sites for hydroxylation is 2. The molecule has 0 spiro atoms. The van der Waals surface area contributed by atoms with E-state index in [2.05, 4.69) is 24.8 Å². The van der Waals surface area contributed by atoms with Crippen molar-refractivity contribution in [2.24, 2.45) is 0 Å². The third-order valence-corrected chi connectivity index (χ3v) is 7.56. The first-order valence-electron chi connectivity index (χ1n) is 11.9. The summed E-state index contributed by atoms with van der Waals surface area (Å²) in [4.78, 5) is 4.61. The molecule has 206 valence electrons. The molecule has 3 aromatic carbocycles. The minimum atomic E-state index is -4.80. The van der Waals surface area contributed by atoms with E-state index >= 15 is 0 Å². The van der Waals surface area contributed by atoms with Gasteiger partial charge in [-0.1, -0.05) is 23.4 Å². The zero-order valence-electron chi connectivity index (χ0n) is 21.5. The lowest BCUT2D eigenvalue weighted by molar-refractivity contribution is -0.274. The van der Waals surface area contributed by atoms with Crippen molar-refractivity contribution in [1.29, 1.82) is 0 Å². The SMILES string of the molecule is CNS(=O)(=O)c1cccc(-c2ccc(-n3cc(C)nc3C)c(-n3nncc3-c3ccc(OC(F)(F)F)cc3)c2)c1. The fourth-order valence-corrected chi connectivity index (χ4v) is 5.11. The lowest BCUT2D eigenvalue weighted by Gasteiger charge is -2.16. The van der Waals surface area contributed by atoms with E-state index in [9.17, 15) is 21.6 Å².